The van der Waals surface area contributed by atoms with E-state index in [9.17, 15) is 4.79 Å². The number of halogens is 1. The number of likely N-dealkylation sites (tertiary alicyclic amines) is 1. The summed E-state index contributed by atoms with van der Waals surface area (Å²) in [5, 5.41) is 12.1. The lowest BCUT2D eigenvalue weighted by molar-refractivity contribution is 0.0754. The highest BCUT2D eigenvalue weighted by Crippen LogP contribution is 2.16. The summed E-state index contributed by atoms with van der Waals surface area (Å²) in [7, 11) is 0. The van der Waals surface area contributed by atoms with E-state index in [1.165, 1.54) is 12.8 Å². The molecular weight excluding hydrogens is 324 g/mol. The van der Waals surface area contributed by atoms with E-state index in [0.717, 1.165) is 31.5 Å². The van der Waals surface area contributed by atoms with Crippen LogP contribution in [0.5, 0.6) is 0 Å². The first-order valence-electron chi connectivity index (χ1n) is 8.34. The minimum atomic E-state index is -0.0259. The molecule has 0 atom stereocenters. The maximum Gasteiger partial charge on any atom is 0.274 e. The van der Waals surface area contributed by atoms with Gasteiger partial charge in [0.2, 0.25) is 0 Å². The summed E-state index contributed by atoms with van der Waals surface area (Å²) in [5.74, 6) is 0.601. The highest BCUT2D eigenvalue weighted by Gasteiger charge is 2.18. The van der Waals surface area contributed by atoms with Gasteiger partial charge < -0.3 is 10.2 Å². The molecule has 1 fully saturated rings. The summed E-state index contributed by atoms with van der Waals surface area (Å²) in [6.45, 7) is 2.19. The van der Waals surface area contributed by atoms with Crippen LogP contribution in [0.1, 0.15) is 41.7 Å². The number of hydrogen-bond donors (Lipinski definition) is 1. The number of amides is 1. The van der Waals surface area contributed by atoms with Crippen molar-refractivity contribution in [2.24, 2.45) is 0 Å². The summed E-state index contributed by atoms with van der Waals surface area (Å²) in [6.07, 6.45) is 4.52. The zero-order valence-corrected chi connectivity index (χ0v) is 14.3. The van der Waals surface area contributed by atoms with Crippen molar-refractivity contribution in [1.82, 2.24) is 15.1 Å². The molecule has 5 nitrogen and oxygen atoms in total. The molecule has 1 aliphatic rings. The van der Waals surface area contributed by atoms with Crippen molar-refractivity contribution in [3.8, 4) is 0 Å². The summed E-state index contributed by atoms with van der Waals surface area (Å²) >= 11 is 6.13. The van der Waals surface area contributed by atoms with E-state index in [0.29, 0.717) is 23.1 Å². The van der Waals surface area contributed by atoms with Crippen LogP contribution in [0.4, 0.5) is 5.82 Å². The van der Waals surface area contributed by atoms with E-state index in [4.69, 9.17) is 11.6 Å². The summed E-state index contributed by atoms with van der Waals surface area (Å²) in [6, 6.07) is 11.2. The lowest BCUT2D eigenvalue weighted by Gasteiger charge is -2.19. The normalized spacial score (nSPS) is 15.0. The highest BCUT2D eigenvalue weighted by molar-refractivity contribution is 6.31. The Hall–Kier alpha value is -2.14. The second-order valence-electron chi connectivity index (χ2n) is 5.96. The Morgan fingerprint density at radius 2 is 1.79 bits per heavy atom. The Kier molecular flexibility index (Phi) is 5.64. The van der Waals surface area contributed by atoms with Gasteiger partial charge in [-0.25, -0.2) is 0 Å². The number of benzene rings is 1. The molecule has 0 unspecified atom stereocenters. The van der Waals surface area contributed by atoms with Gasteiger partial charge >= 0.3 is 0 Å². The second-order valence-corrected chi connectivity index (χ2v) is 6.36. The average molecular weight is 345 g/mol. The van der Waals surface area contributed by atoms with Gasteiger partial charge in [-0.3, -0.25) is 4.79 Å². The first-order valence-corrected chi connectivity index (χ1v) is 8.72. The largest absolute Gasteiger partial charge is 0.364 e. The SMILES string of the molecule is O=C(c1ccc(NCc2ccccc2Cl)nn1)N1CCCCCC1. The topological polar surface area (TPSA) is 58.1 Å². The average Bonchev–Trinajstić information content (AvgIpc) is 2.90. The molecule has 6 heteroatoms. The lowest BCUT2D eigenvalue weighted by atomic mass is 10.2. The molecule has 1 aromatic heterocycles. The molecule has 126 valence electrons. The van der Waals surface area contributed by atoms with Crippen molar-refractivity contribution in [2.45, 2.75) is 32.2 Å². The summed E-state index contributed by atoms with van der Waals surface area (Å²) in [5.41, 5.74) is 1.39. The van der Waals surface area contributed by atoms with Gasteiger partial charge in [-0.2, -0.15) is 0 Å². The number of carbonyl (C=O) groups is 1. The molecule has 0 spiro atoms. The van der Waals surface area contributed by atoms with E-state index in [2.05, 4.69) is 15.5 Å². The van der Waals surface area contributed by atoms with Gasteiger partial charge in [0.15, 0.2) is 5.69 Å². The second kappa shape index (κ2) is 8.11. The fraction of sp³-hybridized carbons (Fsp3) is 0.389. The van der Waals surface area contributed by atoms with Crippen LogP contribution in [-0.4, -0.2) is 34.1 Å². The molecule has 1 N–H and O–H groups in total. The molecule has 1 saturated heterocycles. The number of hydrogen-bond acceptors (Lipinski definition) is 4. The molecule has 1 amide bonds. The monoisotopic (exact) mass is 344 g/mol. The molecule has 0 bridgehead atoms. The van der Waals surface area contributed by atoms with Crippen molar-refractivity contribution < 1.29 is 4.79 Å². The lowest BCUT2D eigenvalue weighted by Crippen LogP contribution is -2.32. The van der Waals surface area contributed by atoms with E-state index in [1.807, 2.05) is 29.2 Å². The Balaban J connectivity index is 1.60. The minimum absolute atomic E-state index is 0.0259. The molecule has 2 heterocycles. The predicted octanol–water partition coefficient (Wildman–Crippen LogP) is 3.76. The minimum Gasteiger partial charge on any atom is -0.364 e. The number of rotatable bonds is 4. The molecular formula is C18H21ClN4O. The Bertz CT molecular complexity index is 682. The first kappa shape index (κ1) is 16.7. The molecule has 0 aliphatic carbocycles. The zero-order chi connectivity index (χ0) is 16.8. The van der Waals surface area contributed by atoms with Gasteiger partial charge in [-0.05, 0) is 36.6 Å². The van der Waals surface area contributed by atoms with E-state index < -0.39 is 0 Å². The Morgan fingerprint density at radius 1 is 1.04 bits per heavy atom. The van der Waals surface area contributed by atoms with Gasteiger partial charge in [0, 0.05) is 24.7 Å². The van der Waals surface area contributed by atoms with Crippen molar-refractivity contribution in [1.29, 1.82) is 0 Å². The molecule has 0 saturated carbocycles. The van der Waals surface area contributed by atoms with Crippen molar-refractivity contribution in [3.63, 3.8) is 0 Å². The van der Waals surface area contributed by atoms with Crippen LogP contribution >= 0.6 is 11.6 Å². The number of anilines is 1. The van der Waals surface area contributed by atoms with E-state index in [-0.39, 0.29) is 5.91 Å². The third kappa shape index (κ3) is 4.23. The van der Waals surface area contributed by atoms with E-state index >= 15 is 0 Å². The van der Waals surface area contributed by atoms with Crippen molar-refractivity contribution in [3.05, 3.63) is 52.7 Å². The van der Waals surface area contributed by atoms with Crippen LogP contribution in [0.3, 0.4) is 0 Å². The Morgan fingerprint density at radius 3 is 2.46 bits per heavy atom. The molecule has 1 aliphatic heterocycles. The fourth-order valence-corrected chi connectivity index (χ4v) is 3.01. The van der Waals surface area contributed by atoms with Crippen molar-refractivity contribution in [2.75, 3.05) is 18.4 Å². The molecule has 3 rings (SSSR count). The smallest absolute Gasteiger partial charge is 0.274 e. The molecule has 24 heavy (non-hydrogen) atoms. The van der Waals surface area contributed by atoms with Gasteiger partial charge in [-0.15, -0.1) is 10.2 Å². The fourth-order valence-electron chi connectivity index (χ4n) is 2.80. The van der Waals surface area contributed by atoms with Gasteiger partial charge in [-0.1, -0.05) is 42.6 Å². The van der Waals surface area contributed by atoms with Crippen LogP contribution in [-0.2, 0) is 6.54 Å². The highest BCUT2D eigenvalue weighted by atomic mass is 35.5. The molecule has 1 aromatic carbocycles. The summed E-state index contributed by atoms with van der Waals surface area (Å²) < 4.78 is 0. The molecule has 0 radical (unpaired) electrons. The molecule has 2 aromatic rings. The number of nitrogens with zero attached hydrogens (tertiary/aromatic N) is 3. The first-order chi connectivity index (χ1) is 11.7. The van der Waals surface area contributed by atoms with Gasteiger partial charge in [0.1, 0.15) is 5.82 Å². The van der Waals surface area contributed by atoms with E-state index in [1.54, 1.807) is 12.1 Å². The van der Waals surface area contributed by atoms with Gasteiger partial charge in [0.05, 0.1) is 0 Å². The van der Waals surface area contributed by atoms with Crippen molar-refractivity contribution >= 4 is 23.3 Å². The quantitative estimate of drug-likeness (QED) is 0.917. The van der Waals surface area contributed by atoms with Crippen LogP contribution in [0.2, 0.25) is 5.02 Å². The number of carbonyl (C=O) groups excluding carboxylic acids is 1. The zero-order valence-electron chi connectivity index (χ0n) is 13.5. The number of nitrogens with one attached hydrogen (secondary N) is 1. The standard InChI is InChI=1S/C18H21ClN4O/c19-15-8-4-3-7-14(15)13-20-17-10-9-16(21-22-17)18(24)23-11-5-1-2-6-12-23/h3-4,7-10H,1-2,5-6,11-13H2,(H,20,22). The maximum atomic E-state index is 12.5. The van der Waals surface area contributed by atoms with Crippen LogP contribution in [0.15, 0.2) is 36.4 Å². The predicted molar refractivity (Wildman–Crippen MR) is 95.2 cm³/mol. The third-order valence-electron chi connectivity index (χ3n) is 4.19. The van der Waals surface area contributed by atoms with Crippen LogP contribution in [0.25, 0.3) is 0 Å². The third-order valence-corrected chi connectivity index (χ3v) is 4.56. The van der Waals surface area contributed by atoms with Gasteiger partial charge in [0.25, 0.3) is 5.91 Å². The van der Waals surface area contributed by atoms with Crippen LogP contribution in [0, 0.1) is 0 Å². The van der Waals surface area contributed by atoms with Crippen LogP contribution < -0.4 is 5.32 Å². The number of aromatic nitrogens is 2. The summed E-state index contributed by atoms with van der Waals surface area (Å²) in [4.78, 5) is 14.4. The Labute approximate surface area is 147 Å². The maximum absolute atomic E-state index is 12.5.